The first-order chi connectivity index (χ1) is 15.4. The summed E-state index contributed by atoms with van der Waals surface area (Å²) in [4.78, 5) is 35.9. The van der Waals surface area contributed by atoms with Crippen LogP contribution in [0.1, 0.15) is 10.4 Å². The first kappa shape index (κ1) is 23.1. The molecule has 9 heteroatoms. The summed E-state index contributed by atoms with van der Waals surface area (Å²) in [7, 11) is 0. The molecule has 0 saturated heterocycles. The number of benzene rings is 3. The maximum atomic E-state index is 12.2. The summed E-state index contributed by atoms with van der Waals surface area (Å²) in [5.41, 5.74) is 0.713. The number of nitrogens with one attached hydrogen (secondary N) is 2. The fourth-order valence-corrected chi connectivity index (χ4v) is 3.10. The van der Waals surface area contributed by atoms with Crippen molar-refractivity contribution in [2.45, 2.75) is 0 Å². The zero-order chi connectivity index (χ0) is 22.9. The Morgan fingerprint density at radius 3 is 2.09 bits per heavy atom. The Hall–Kier alpha value is -3.55. The van der Waals surface area contributed by atoms with Crippen LogP contribution in [0.25, 0.3) is 0 Å². The Morgan fingerprint density at radius 1 is 0.812 bits per heavy atom. The summed E-state index contributed by atoms with van der Waals surface area (Å²) in [5.74, 6) is -0.556. The lowest BCUT2D eigenvalue weighted by molar-refractivity contribution is -0.146. The van der Waals surface area contributed by atoms with E-state index in [0.717, 1.165) is 0 Å². The zero-order valence-electron chi connectivity index (χ0n) is 16.6. The molecule has 0 saturated carbocycles. The number of rotatable bonds is 8. The summed E-state index contributed by atoms with van der Waals surface area (Å²) in [6.07, 6.45) is 0. The summed E-state index contributed by atoms with van der Waals surface area (Å²) in [6, 6.07) is 20.2. The molecule has 0 unspecified atom stereocenters. The van der Waals surface area contributed by atoms with E-state index in [0.29, 0.717) is 32.8 Å². The molecule has 3 aromatic rings. The van der Waals surface area contributed by atoms with E-state index in [1.807, 2.05) is 30.3 Å². The number of hydrogen-bond acceptors (Lipinski definition) is 5. The summed E-state index contributed by atoms with van der Waals surface area (Å²) < 4.78 is 10.5. The van der Waals surface area contributed by atoms with E-state index < -0.39 is 30.9 Å². The van der Waals surface area contributed by atoms with Crippen molar-refractivity contribution >= 4 is 46.7 Å². The van der Waals surface area contributed by atoms with Crippen molar-refractivity contribution in [2.75, 3.05) is 18.5 Å². The average molecular weight is 473 g/mol. The van der Waals surface area contributed by atoms with Crippen LogP contribution >= 0.6 is 23.2 Å². The van der Waals surface area contributed by atoms with Crippen molar-refractivity contribution < 1.29 is 23.9 Å². The molecule has 0 heterocycles. The molecule has 0 fully saturated rings. The standard InChI is InChI=1S/C23H18Cl2N2O5/c24-16-10-17(25)12-18(11-16)27-21(28)14-31-22(29)13-26-23(30)15-6-8-20(9-7-15)32-19-4-2-1-3-5-19/h1-12H,13-14H2,(H,26,30)(H,27,28). The molecule has 3 aromatic carbocycles. The van der Waals surface area contributed by atoms with Crippen molar-refractivity contribution in [3.63, 3.8) is 0 Å². The van der Waals surface area contributed by atoms with Crippen LogP contribution < -0.4 is 15.4 Å². The topological polar surface area (TPSA) is 93.7 Å². The van der Waals surface area contributed by atoms with Gasteiger partial charge in [-0.1, -0.05) is 41.4 Å². The van der Waals surface area contributed by atoms with Crippen molar-refractivity contribution in [3.8, 4) is 11.5 Å². The predicted molar refractivity (Wildman–Crippen MR) is 121 cm³/mol. The molecule has 0 spiro atoms. The quantitative estimate of drug-likeness (QED) is 0.463. The first-order valence-corrected chi connectivity index (χ1v) is 10.2. The minimum atomic E-state index is -0.762. The lowest BCUT2D eigenvalue weighted by Crippen LogP contribution is -2.32. The van der Waals surface area contributed by atoms with E-state index >= 15 is 0 Å². The number of halogens is 2. The molecule has 0 atom stereocenters. The van der Waals surface area contributed by atoms with E-state index in [9.17, 15) is 14.4 Å². The van der Waals surface area contributed by atoms with Crippen molar-refractivity contribution in [2.24, 2.45) is 0 Å². The van der Waals surface area contributed by atoms with E-state index in [-0.39, 0.29) is 0 Å². The van der Waals surface area contributed by atoms with Gasteiger partial charge in [0, 0.05) is 21.3 Å². The molecule has 3 rings (SSSR count). The van der Waals surface area contributed by atoms with Crippen molar-refractivity contribution in [1.29, 1.82) is 0 Å². The van der Waals surface area contributed by atoms with Crippen LogP contribution in [0.2, 0.25) is 10.0 Å². The lowest BCUT2D eigenvalue weighted by Gasteiger charge is -2.09. The Balaban J connectivity index is 1.41. The second-order valence-corrected chi connectivity index (χ2v) is 7.36. The molecule has 32 heavy (non-hydrogen) atoms. The van der Waals surface area contributed by atoms with Crippen LogP contribution in [0.4, 0.5) is 5.69 Å². The van der Waals surface area contributed by atoms with Crippen LogP contribution in [-0.2, 0) is 14.3 Å². The number of esters is 1. The third kappa shape index (κ3) is 7.30. The van der Waals surface area contributed by atoms with Crippen LogP contribution in [0, 0.1) is 0 Å². The number of hydrogen-bond donors (Lipinski definition) is 2. The van der Waals surface area contributed by atoms with Crippen LogP contribution in [0.5, 0.6) is 11.5 Å². The molecular formula is C23H18Cl2N2O5. The van der Waals surface area contributed by atoms with Crippen LogP contribution in [-0.4, -0.2) is 30.9 Å². The highest BCUT2D eigenvalue weighted by molar-refractivity contribution is 6.35. The van der Waals surface area contributed by atoms with Gasteiger partial charge in [0.1, 0.15) is 18.0 Å². The highest BCUT2D eigenvalue weighted by atomic mass is 35.5. The largest absolute Gasteiger partial charge is 0.457 e. The monoisotopic (exact) mass is 472 g/mol. The fourth-order valence-electron chi connectivity index (χ4n) is 2.57. The van der Waals surface area contributed by atoms with Gasteiger partial charge in [0.05, 0.1) is 0 Å². The van der Waals surface area contributed by atoms with Crippen molar-refractivity contribution in [1.82, 2.24) is 5.32 Å². The molecule has 7 nitrogen and oxygen atoms in total. The highest BCUT2D eigenvalue weighted by Gasteiger charge is 2.12. The summed E-state index contributed by atoms with van der Waals surface area (Å²) >= 11 is 11.7. The molecular weight excluding hydrogens is 455 g/mol. The Kier molecular flexibility index (Phi) is 8.08. The molecule has 2 N–H and O–H groups in total. The van der Waals surface area contributed by atoms with E-state index in [1.54, 1.807) is 24.3 Å². The van der Waals surface area contributed by atoms with Crippen molar-refractivity contribution in [3.05, 3.63) is 88.4 Å². The molecule has 0 radical (unpaired) electrons. The van der Waals surface area contributed by atoms with Gasteiger partial charge in [0.15, 0.2) is 6.61 Å². The predicted octanol–water partition coefficient (Wildman–Crippen LogP) is 4.70. The van der Waals surface area contributed by atoms with Gasteiger partial charge in [-0.3, -0.25) is 14.4 Å². The Labute approximate surface area is 194 Å². The molecule has 0 aromatic heterocycles. The van der Waals surface area contributed by atoms with Gasteiger partial charge in [0.2, 0.25) is 0 Å². The number of anilines is 1. The first-order valence-electron chi connectivity index (χ1n) is 9.42. The second-order valence-electron chi connectivity index (χ2n) is 6.49. The third-order valence-electron chi connectivity index (χ3n) is 4.00. The SMILES string of the molecule is O=C(COC(=O)CNC(=O)c1ccc(Oc2ccccc2)cc1)Nc1cc(Cl)cc(Cl)c1. The maximum Gasteiger partial charge on any atom is 0.325 e. The Morgan fingerprint density at radius 2 is 1.44 bits per heavy atom. The van der Waals surface area contributed by atoms with Gasteiger partial charge in [-0.05, 0) is 54.6 Å². The summed E-state index contributed by atoms with van der Waals surface area (Å²) in [6.45, 7) is -0.915. The van der Waals surface area contributed by atoms with Gasteiger partial charge in [0.25, 0.3) is 11.8 Å². The number of carbonyl (C=O) groups excluding carboxylic acids is 3. The lowest BCUT2D eigenvalue weighted by atomic mass is 10.2. The second kappa shape index (κ2) is 11.2. The smallest absolute Gasteiger partial charge is 0.325 e. The number of para-hydroxylation sites is 1. The fraction of sp³-hybridized carbons (Fsp3) is 0.0870. The number of carbonyl (C=O) groups is 3. The zero-order valence-corrected chi connectivity index (χ0v) is 18.2. The normalized spacial score (nSPS) is 10.2. The minimum Gasteiger partial charge on any atom is -0.457 e. The molecule has 2 amide bonds. The summed E-state index contributed by atoms with van der Waals surface area (Å²) in [5, 5.41) is 5.65. The van der Waals surface area contributed by atoms with Gasteiger partial charge in [-0.15, -0.1) is 0 Å². The van der Waals surface area contributed by atoms with Gasteiger partial charge in [-0.25, -0.2) is 0 Å². The van der Waals surface area contributed by atoms with E-state index in [1.165, 1.54) is 18.2 Å². The number of ether oxygens (including phenoxy) is 2. The van der Waals surface area contributed by atoms with Gasteiger partial charge in [-0.2, -0.15) is 0 Å². The number of amides is 2. The van der Waals surface area contributed by atoms with Crippen LogP contribution in [0.3, 0.4) is 0 Å². The molecule has 0 aliphatic carbocycles. The molecule has 164 valence electrons. The minimum absolute atomic E-state index is 0.341. The van der Waals surface area contributed by atoms with Crippen LogP contribution in [0.15, 0.2) is 72.8 Å². The van der Waals surface area contributed by atoms with Gasteiger partial charge < -0.3 is 20.1 Å². The molecule has 0 bridgehead atoms. The maximum absolute atomic E-state index is 12.2. The Bertz CT molecular complexity index is 1080. The van der Waals surface area contributed by atoms with E-state index in [4.69, 9.17) is 32.7 Å². The van der Waals surface area contributed by atoms with Gasteiger partial charge >= 0.3 is 5.97 Å². The van der Waals surface area contributed by atoms with E-state index in [2.05, 4.69) is 10.6 Å². The highest BCUT2D eigenvalue weighted by Crippen LogP contribution is 2.22. The third-order valence-corrected chi connectivity index (χ3v) is 4.44. The average Bonchev–Trinajstić information content (AvgIpc) is 2.76. The molecule has 0 aliphatic heterocycles. The molecule has 0 aliphatic rings.